The highest BCUT2D eigenvalue weighted by Gasteiger charge is 2.41. The summed E-state index contributed by atoms with van der Waals surface area (Å²) in [5.74, 6) is 1.08. The molecule has 0 N–H and O–H groups in total. The molecule has 0 unspecified atom stereocenters. The molecule has 0 bridgehead atoms. The Bertz CT molecular complexity index is 800. The van der Waals surface area contributed by atoms with Gasteiger partial charge in [0.25, 0.3) is 0 Å². The van der Waals surface area contributed by atoms with Crippen LogP contribution < -0.4 is 9.80 Å². The highest BCUT2D eigenvalue weighted by atomic mass is 32.1. The highest BCUT2D eigenvalue weighted by Crippen LogP contribution is 2.41. The average molecular weight is 401 g/mol. The van der Waals surface area contributed by atoms with Crippen LogP contribution in [-0.4, -0.2) is 65.4 Å². The molecule has 0 saturated carbocycles. The lowest BCUT2D eigenvalue weighted by Gasteiger charge is -2.47. The number of carbonyl (C=O) groups excluding carboxylic acids is 1. The van der Waals surface area contributed by atoms with Crippen LogP contribution in [0.5, 0.6) is 0 Å². The van der Waals surface area contributed by atoms with Gasteiger partial charge in [0.2, 0.25) is 17.0 Å². The Labute approximate surface area is 170 Å². The first-order chi connectivity index (χ1) is 13.5. The average Bonchev–Trinajstić information content (AvgIpc) is 3.21. The molecule has 28 heavy (non-hydrogen) atoms. The summed E-state index contributed by atoms with van der Waals surface area (Å²) in [6, 6.07) is 5.97. The summed E-state index contributed by atoms with van der Waals surface area (Å²) >= 11 is 1.48. The van der Waals surface area contributed by atoms with Gasteiger partial charge in [-0.1, -0.05) is 6.07 Å². The van der Waals surface area contributed by atoms with Gasteiger partial charge in [0, 0.05) is 76.5 Å². The van der Waals surface area contributed by atoms with E-state index in [-0.39, 0.29) is 5.41 Å². The van der Waals surface area contributed by atoms with Crippen LogP contribution in [0.4, 0.5) is 11.1 Å². The van der Waals surface area contributed by atoms with E-state index in [0.717, 1.165) is 68.6 Å². The van der Waals surface area contributed by atoms with E-state index in [1.54, 1.807) is 0 Å². The van der Waals surface area contributed by atoms with Gasteiger partial charge in [-0.15, -0.1) is 0 Å². The Hall–Kier alpha value is -2.22. The fourth-order valence-corrected chi connectivity index (χ4v) is 4.99. The van der Waals surface area contributed by atoms with Crippen LogP contribution in [-0.2, 0) is 11.2 Å². The van der Waals surface area contributed by atoms with Gasteiger partial charge in [-0.05, 0) is 36.8 Å². The summed E-state index contributed by atoms with van der Waals surface area (Å²) in [5, 5.41) is 1.01. The molecule has 8 heteroatoms. The molecule has 0 aromatic carbocycles. The summed E-state index contributed by atoms with van der Waals surface area (Å²) in [4.78, 5) is 27.9. The Morgan fingerprint density at radius 1 is 1.21 bits per heavy atom. The maximum atomic E-state index is 12.5. The number of carbonyl (C=O) groups is 1. The summed E-state index contributed by atoms with van der Waals surface area (Å²) < 4.78 is 4.43. The molecule has 2 aromatic rings. The number of nitrogens with zero attached hydrogens (tertiary/aromatic N) is 6. The van der Waals surface area contributed by atoms with Crippen LogP contribution in [0, 0.1) is 5.41 Å². The predicted molar refractivity (Wildman–Crippen MR) is 112 cm³/mol. The Morgan fingerprint density at radius 2 is 2.04 bits per heavy atom. The van der Waals surface area contributed by atoms with Crippen molar-refractivity contribution in [1.29, 1.82) is 0 Å². The molecule has 4 rings (SSSR count). The van der Waals surface area contributed by atoms with Crippen molar-refractivity contribution in [3.05, 3.63) is 30.1 Å². The van der Waals surface area contributed by atoms with Crippen molar-refractivity contribution in [2.24, 2.45) is 5.41 Å². The van der Waals surface area contributed by atoms with Gasteiger partial charge in [0.15, 0.2) is 0 Å². The molecule has 1 amide bonds. The van der Waals surface area contributed by atoms with Gasteiger partial charge in [-0.2, -0.15) is 9.36 Å². The molecule has 2 aliphatic rings. The lowest BCUT2D eigenvalue weighted by Crippen LogP contribution is -2.52. The molecule has 2 saturated heterocycles. The fourth-order valence-electron chi connectivity index (χ4n) is 4.20. The standard InChI is InChI=1S/C20H28N6OS/c1-24(2)18-22-19(28-23-18)25-13-9-20(10-14-25)8-6-17(27)26(15-20)12-7-16-5-3-4-11-21-16/h3-5,11H,6-10,12-15H2,1-2H3. The van der Waals surface area contributed by atoms with Crippen LogP contribution in [0.2, 0.25) is 0 Å². The third kappa shape index (κ3) is 4.11. The minimum atomic E-state index is 0.254. The monoisotopic (exact) mass is 400 g/mol. The maximum Gasteiger partial charge on any atom is 0.238 e. The normalized spacial score (nSPS) is 19.3. The van der Waals surface area contributed by atoms with E-state index >= 15 is 0 Å². The zero-order valence-electron chi connectivity index (χ0n) is 16.7. The lowest BCUT2D eigenvalue weighted by atomic mass is 9.72. The second kappa shape index (κ2) is 8.03. The zero-order chi connectivity index (χ0) is 19.6. The minimum Gasteiger partial charge on any atom is -0.347 e. The van der Waals surface area contributed by atoms with E-state index in [2.05, 4.69) is 24.1 Å². The number of hydrogen-bond donors (Lipinski definition) is 0. The first-order valence-electron chi connectivity index (χ1n) is 9.98. The van der Waals surface area contributed by atoms with Gasteiger partial charge in [0.05, 0.1) is 0 Å². The van der Waals surface area contributed by atoms with Crippen molar-refractivity contribution in [3.63, 3.8) is 0 Å². The van der Waals surface area contributed by atoms with E-state index in [4.69, 9.17) is 0 Å². The second-order valence-corrected chi connectivity index (χ2v) is 8.88. The molecular formula is C20H28N6OS. The number of likely N-dealkylation sites (tertiary alicyclic amines) is 1. The summed E-state index contributed by atoms with van der Waals surface area (Å²) in [5.41, 5.74) is 1.31. The molecule has 0 atom stereocenters. The van der Waals surface area contributed by atoms with Crippen LogP contribution in [0.15, 0.2) is 24.4 Å². The van der Waals surface area contributed by atoms with Crippen molar-refractivity contribution in [3.8, 4) is 0 Å². The number of pyridine rings is 1. The number of anilines is 2. The summed E-state index contributed by atoms with van der Waals surface area (Å²) in [6.07, 6.45) is 6.55. The molecule has 2 aliphatic heterocycles. The van der Waals surface area contributed by atoms with Crippen LogP contribution in [0.1, 0.15) is 31.4 Å². The number of amides is 1. The maximum absolute atomic E-state index is 12.5. The highest BCUT2D eigenvalue weighted by molar-refractivity contribution is 7.09. The molecule has 0 aliphatic carbocycles. The van der Waals surface area contributed by atoms with Crippen molar-refractivity contribution in [1.82, 2.24) is 19.2 Å². The largest absolute Gasteiger partial charge is 0.347 e. The number of hydrogen-bond acceptors (Lipinski definition) is 7. The van der Waals surface area contributed by atoms with Gasteiger partial charge < -0.3 is 14.7 Å². The smallest absolute Gasteiger partial charge is 0.238 e. The molecule has 2 fully saturated rings. The van der Waals surface area contributed by atoms with Crippen molar-refractivity contribution < 1.29 is 4.79 Å². The third-order valence-corrected chi connectivity index (χ3v) is 6.78. The van der Waals surface area contributed by atoms with Crippen molar-refractivity contribution in [2.45, 2.75) is 32.1 Å². The van der Waals surface area contributed by atoms with Crippen LogP contribution >= 0.6 is 11.5 Å². The molecule has 1 spiro atoms. The first kappa shape index (κ1) is 19.1. The topological polar surface area (TPSA) is 65.5 Å². The van der Waals surface area contributed by atoms with Crippen LogP contribution in [0.3, 0.4) is 0 Å². The molecular weight excluding hydrogens is 372 g/mol. The summed E-state index contributed by atoms with van der Waals surface area (Å²) in [6.45, 7) is 3.63. The SMILES string of the molecule is CN(C)c1nsc(N2CCC3(CCC(=O)N(CCc4ccccn4)C3)CC2)n1. The molecule has 2 aromatic heterocycles. The van der Waals surface area contributed by atoms with E-state index in [9.17, 15) is 4.79 Å². The molecule has 7 nitrogen and oxygen atoms in total. The van der Waals surface area contributed by atoms with E-state index in [1.807, 2.05) is 43.4 Å². The van der Waals surface area contributed by atoms with E-state index in [1.165, 1.54) is 11.5 Å². The number of rotatable bonds is 5. The van der Waals surface area contributed by atoms with E-state index in [0.29, 0.717) is 12.3 Å². The second-order valence-electron chi connectivity index (χ2n) is 8.14. The van der Waals surface area contributed by atoms with Gasteiger partial charge in [-0.25, -0.2) is 0 Å². The first-order valence-corrected chi connectivity index (χ1v) is 10.8. The zero-order valence-corrected chi connectivity index (χ0v) is 17.5. The quantitative estimate of drug-likeness (QED) is 0.768. The number of aromatic nitrogens is 3. The Morgan fingerprint density at radius 3 is 2.71 bits per heavy atom. The molecule has 0 radical (unpaired) electrons. The van der Waals surface area contributed by atoms with Gasteiger partial charge in [-0.3, -0.25) is 9.78 Å². The Kier molecular flexibility index (Phi) is 5.48. The number of piperidine rings is 2. The lowest BCUT2D eigenvalue weighted by molar-refractivity contribution is -0.138. The predicted octanol–water partition coefficient (Wildman–Crippen LogP) is 2.45. The fraction of sp³-hybridized carbons (Fsp3) is 0.600. The minimum absolute atomic E-state index is 0.254. The molecule has 4 heterocycles. The summed E-state index contributed by atoms with van der Waals surface area (Å²) in [7, 11) is 3.94. The van der Waals surface area contributed by atoms with Crippen molar-refractivity contribution >= 4 is 28.5 Å². The molecule has 150 valence electrons. The van der Waals surface area contributed by atoms with E-state index < -0.39 is 0 Å². The Balaban J connectivity index is 1.35. The van der Waals surface area contributed by atoms with Crippen molar-refractivity contribution in [2.75, 3.05) is 50.1 Å². The van der Waals surface area contributed by atoms with Gasteiger partial charge >= 0.3 is 0 Å². The third-order valence-electron chi connectivity index (χ3n) is 6.01. The van der Waals surface area contributed by atoms with Gasteiger partial charge in [0.1, 0.15) is 0 Å². The van der Waals surface area contributed by atoms with Crippen LogP contribution in [0.25, 0.3) is 0 Å².